The van der Waals surface area contributed by atoms with Crippen molar-refractivity contribution < 1.29 is 13.2 Å². The standard InChI is InChI=1S/C16H19N3O3S/c1-19(15-10-6-3-7-11-15)23(21,22)13-12-17-16(20)18-14-8-4-2-5-9-14/h2-11H,12-13H2,1H3,(H2,17,18,20). The maximum Gasteiger partial charge on any atom is 0.319 e. The molecular weight excluding hydrogens is 314 g/mol. The van der Waals surface area contributed by atoms with Crippen LogP contribution in [0.5, 0.6) is 0 Å². The lowest BCUT2D eigenvalue weighted by atomic mass is 10.3. The van der Waals surface area contributed by atoms with Crippen molar-refractivity contribution in [2.75, 3.05) is 29.0 Å². The van der Waals surface area contributed by atoms with Crippen LogP contribution in [-0.2, 0) is 10.0 Å². The molecule has 23 heavy (non-hydrogen) atoms. The van der Waals surface area contributed by atoms with Gasteiger partial charge in [-0.05, 0) is 24.3 Å². The Kier molecular flexibility index (Phi) is 5.59. The number of amides is 2. The number of sulfonamides is 1. The summed E-state index contributed by atoms with van der Waals surface area (Å²) in [4.78, 5) is 11.7. The minimum absolute atomic E-state index is 0.0260. The van der Waals surface area contributed by atoms with Gasteiger partial charge in [0.15, 0.2) is 0 Å². The lowest BCUT2D eigenvalue weighted by Crippen LogP contribution is -2.37. The van der Waals surface area contributed by atoms with E-state index in [9.17, 15) is 13.2 Å². The summed E-state index contributed by atoms with van der Waals surface area (Å²) in [6.07, 6.45) is 0. The molecule has 2 aromatic carbocycles. The molecule has 2 aromatic rings. The molecule has 0 aromatic heterocycles. The zero-order valence-corrected chi connectivity index (χ0v) is 13.6. The van der Waals surface area contributed by atoms with Gasteiger partial charge in [0.1, 0.15) is 0 Å². The average Bonchev–Trinajstić information content (AvgIpc) is 2.55. The molecule has 2 rings (SSSR count). The van der Waals surface area contributed by atoms with Gasteiger partial charge in [-0.2, -0.15) is 0 Å². The molecule has 0 radical (unpaired) electrons. The van der Waals surface area contributed by atoms with E-state index in [2.05, 4.69) is 10.6 Å². The summed E-state index contributed by atoms with van der Waals surface area (Å²) in [6.45, 7) is 0.0260. The summed E-state index contributed by atoms with van der Waals surface area (Å²) in [7, 11) is -2.00. The summed E-state index contributed by atoms with van der Waals surface area (Å²) in [5.41, 5.74) is 1.23. The molecule has 2 amide bonds. The maximum atomic E-state index is 12.2. The summed E-state index contributed by atoms with van der Waals surface area (Å²) in [5.74, 6) is -0.180. The lowest BCUT2D eigenvalue weighted by Gasteiger charge is -2.19. The van der Waals surface area contributed by atoms with E-state index < -0.39 is 16.1 Å². The first-order chi connectivity index (χ1) is 11.0. The number of urea groups is 1. The van der Waals surface area contributed by atoms with Crippen molar-refractivity contribution in [3.63, 3.8) is 0 Å². The Morgan fingerprint density at radius 2 is 1.57 bits per heavy atom. The predicted molar refractivity (Wildman–Crippen MR) is 92.1 cm³/mol. The highest BCUT2D eigenvalue weighted by Gasteiger charge is 2.18. The van der Waals surface area contributed by atoms with Crippen LogP contribution in [0.1, 0.15) is 0 Å². The lowest BCUT2D eigenvalue weighted by molar-refractivity contribution is 0.252. The second-order valence-corrected chi connectivity index (χ2v) is 6.99. The van der Waals surface area contributed by atoms with E-state index in [1.54, 1.807) is 48.5 Å². The summed E-state index contributed by atoms with van der Waals surface area (Å²) >= 11 is 0. The molecule has 0 unspecified atom stereocenters. The van der Waals surface area contributed by atoms with Crippen molar-refractivity contribution in [2.24, 2.45) is 0 Å². The molecule has 0 spiro atoms. The van der Waals surface area contributed by atoms with Gasteiger partial charge in [0, 0.05) is 19.3 Å². The molecule has 0 aliphatic heterocycles. The van der Waals surface area contributed by atoms with Gasteiger partial charge >= 0.3 is 6.03 Å². The van der Waals surface area contributed by atoms with E-state index in [-0.39, 0.29) is 12.3 Å². The molecule has 122 valence electrons. The topological polar surface area (TPSA) is 78.5 Å². The number of anilines is 2. The van der Waals surface area contributed by atoms with Gasteiger partial charge in [-0.3, -0.25) is 4.31 Å². The van der Waals surface area contributed by atoms with Gasteiger partial charge in [-0.25, -0.2) is 13.2 Å². The van der Waals surface area contributed by atoms with E-state index in [0.717, 1.165) is 0 Å². The van der Waals surface area contributed by atoms with Gasteiger partial charge in [0.05, 0.1) is 11.4 Å². The third-order valence-electron chi connectivity index (χ3n) is 3.21. The fourth-order valence-corrected chi connectivity index (χ4v) is 3.00. The van der Waals surface area contributed by atoms with Crippen LogP contribution in [0.4, 0.5) is 16.2 Å². The largest absolute Gasteiger partial charge is 0.337 e. The molecular formula is C16H19N3O3S. The van der Waals surface area contributed by atoms with Crippen LogP contribution < -0.4 is 14.9 Å². The van der Waals surface area contributed by atoms with Gasteiger partial charge in [0.2, 0.25) is 10.0 Å². The van der Waals surface area contributed by atoms with Crippen molar-refractivity contribution in [2.45, 2.75) is 0 Å². The quantitative estimate of drug-likeness (QED) is 0.851. The smallest absolute Gasteiger partial charge is 0.319 e. The fourth-order valence-electron chi connectivity index (χ4n) is 1.93. The highest BCUT2D eigenvalue weighted by Crippen LogP contribution is 2.15. The average molecular weight is 333 g/mol. The fraction of sp³-hybridized carbons (Fsp3) is 0.188. The molecule has 7 heteroatoms. The zero-order chi connectivity index (χ0) is 16.7. The van der Waals surface area contributed by atoms with E-state index in [1.807, 2.05) is 12.1 Å². The Balaban J connectivity index is 1.84. The second kappa shape index (κ2) is 7.64. The molecule has 0 saturated carbocycles. The van der Waals surface area contributed by atoms with Crippen molar-refractivity contribution in [1.82, 2.24) is 5.32 Å². The second-order valence-electron chi connectivity index (χ2n) is 4.87. The Labute approximate surface area is 136 Å². The molecule has 0 fully saturated rings. The van der Waals surface area contributed by atoms with Gasteiger partial charge in [-0.15, -0.1) is 0 Å². The van der Waals surface area contributed by atoms with Gasteiger partial charge < -0.3 is 10.6 Å². The Bertz CT molecular complexity index is 734. The van der Waals surface area contributed by atoms with Crippen molar-refractivity contribution in [3.05, 3.63) is 60.7 Å². The monoisotopic (exact) mass is 333 g/mol. The van der Waals surface area contributed by atoms with Crippen LogP contribution in [0.2, 0.25) is 0 Å². The molecule has 0 heterocycles. The SMILES string of the molecule is CN(c1ccccc1)S(=O)(=O)CCNC(=O)Nc1ccccc1. The number of carbonyl (C=O) groups is 1. The van der Waals surface area contributed by atoms with Crippen molar-refractivity contribution >= 4 is 27.4 Å². The third-order valence-corrected chi connectivity index (χ3v) is 4.98. The van der Waals surface area contributed by atoms with Crippen molar-refractivity contribution in [1.29, 1.82) is 0 Å². The van der Waals surface area contributed by atoms with E-state index >= 15 is 0 Å². The minimum Gasteiger partial charge on any atom is -0.337 e. The van der Waals surface area contributed by atoms with Crippen LogP contribution in [-0.4, -0.2) is 33.8 Å². The molecule has 0 bridgehead atoms. The number of carbonyl (C=O) groups excluding carboxylic acids is 1. The Morgan fingerprint density at radius 1 is 1.00 bits per heavy atom. The molecule has 0 aliphatic carbocycles. The summed E-state index contributed by atoms with van der Waals surface area (Å²) in [6, 6.07) is 17.3. The van der Waals surface area contributed by atoms with Gasteiger partial charge in [0.25, 0.3) is 0 Å². The first-order valence-electron chi connectivity index (χ1n) is 7.10. The number of hydrogen-bond acceptors (Lipinski definition) is 3. The first kappa shape index (κ1) is 16.8. The number of para-hydroxylation sites is 2. The number of nitrogens with one attached hydrogen (secondary N) is 2. The Morgan fingerprint density at radius 3 is 2.17 bits per heavy atom. The molecule has 0 saturated heterocycles. The van der Waals surface area contributed by atoms with Crippen LogP contribution in [0.15, 0.2) is 60.7 Å². The maximum absolute atomic E-state index is 12.2. The van der Waals surface area contributed by atoms with Crippen LogP contribution in [0.3, 0.4) is 0 Å². The molecule has 6 nitrogen and oxygen atoms in total. The van der Waals surface area contributed by atoms with E-state index in [0.29, 0.717) is 11.4 Å². The number of hydrogen-bond donors (Lipinski definition) is 2. The molecule has 0 aliphatic rings. The van der Waals surface area contributed by atoms with E-state index in [1.165, 1.54) is 11.4 Å². The highest BCUT2D eigenvalue weighted by molar-refractivity contribution is 7.92. The zero-order valence-electron chi connectivity index (χ0n) is 12.8. The number of benzene rings is 2. The Hall–Kier alpha value is -2.54. The third kappa shape index (κ3) is 5.00. The first-order valence-corrected chi connectivity index (χ1v) is 8.71. The normalized spacial score (nSPS) is 10.8. The van der Waals surface area contributed by atoms with Crippen LogP contribution in [0.25, 0.3) is 0 Å². The summed E-state index contributed by atoms with van der Waals surface area (Å²) in [5, 5.41) is 5.17. The van der Waals surface area contributed by atoms with Crippen molar-refractivity contribution in [3.8, 4) is 0 Å². The molecule has 0 atom stereocenters. The highest BCUT2D eigenvalue weighted by atomic mass is 32.2. The van der Waals surface area contributed by atoms with Gasteiger partial charge in [-0.1, -0.05) is 36.4 Å². The molecule has 2 N–H and O–H groups in total. The minimum atomic E-state index is -3.49. The number of rotatable bonds is 6. The van der Waals surface area contributed by atoms with Crippen LogP contribution in [0, 0.1) is 0 Å². The number of nitrogens with zero attached hydrogens (tertiary/aromatic N) is 1. The van der Waals surface area contributed by atoms with Crippen LogP contribution >= 0.6 is 0 Å². The summed E-state index contributed by atoms with van der Waals surface area (Å²) < 4.78 is 25.7. The van der Waals surface area contributed by atoms with E-state index in [4.69, 9.17) is 0 Å². The predicted octanol–water partition coefficient (Wildman–Crippen LogP) is 2.27.